The van der Waals surface area contributed by atoms with Crippen LogP contribution >= 0.6 is 22.6 Å². The fraction of sp³-hybridized carbons (Fsp3) is 0.500. The standard InChI is InChI=1S/C14H17FINO/c15-11-6-7-13(12(16)9-11)17-14(18)8-5-10-3-1-2-4-10/h6-7,9-10H,1-5,8H2,(H,17,18). The summed E-state index contributed by atoms with van der Waals surface area (Å²) in [4.78, 5) is 11.8. The Morgan fingerprint density at radius 3 is 2.78 bits per heavy atom. The van der Waals surface area contributed by atoms with E-state index in [2.05, 4.69) is 5.32 Å². The smallest absolute Gasteiger partial charge is 0.224 e. The van der Waals surface area contributed by atoms with Crippen LogP contribution in [0.5, 0.6) is 0 Å². The third kappa shape index (κ3) is 3.93. The quantitative estimate of drug-likeness (QED) is 0.795. The first kappa shape index (κ1) is 13.8. The maximum atomic E-state index is 12.9. The molecule has 1 aromatic rings. The number of nitrogens with one attached hydrogen (secondary N) is 1. The van der Waals surface area contributed by atoms with Crippen molar-refractivity contribution in [2.24, 2.45) is 5.92 Å². The highest BCUT2D eigenvalue weighted by Gasteiger charge is 2.16. The molecule has 2 rings (SSSR count). The molecule has 1 aliphatic rings. The maximum Gasteiger partial charge on any atom is 0.224 e. The molecule has 0 aliphatic heterocycles. The highest BCUT2D eigenvalue weighted by Crippen LogP contribution is 2.28. The van der Waals surface area contributed by atoms with Gasteiger partial charge in [-0.1, -0.05) is 25.7 Å². The maximum absolute atomic E-state index is 12.9. The summed E-state index contributed by atoms with van der Waals surface area (Å²) in [6, 6.07) is 4.41. The first-order chi connectivity index (χ1) is 8.65. The van der Waals surface area contributed by atoms with Gasteiger partial charge in [-0.05, 0) is 53.1 Å². The highest BCUT2D eigenvalue weighted by molar-refractivity contribution is 14.1. The molecular weight excluding hydrogens is 344 g/mol. The Kier molecular flexibility index (Phi) is 4.97. The van der Waals surface area contributed by atoms with E-state index in [0.717, 1.165) is 15.9 Å². The summed E-state index contributed by atoms with van der Waals surface area (Å²) in [6.45, 7) is 0. The lowest BCUT2D eigenvalue weighted by Crippen LogP contribution is -2.13. The molecular formula is C14H17FINO. The molecule has 0 bridgehead atoms. The molecule has 0 unspecified atom stereocenters. The first-order valence-corrected chi connectivity index (χ1v) is 7.48. The lowest BCUT2D eigenvalue weighted by Gasteiger charge is -2.10. The fourth-order valence-corrected chi connectivity index (χ4v) is 3.05. The number of hydrogen-bond acceptors (Lipinski definition) is 1. The zero-order chi connectivity index (χ0) is 13.0. The summed E-state index contributed by atoms with van der Waals surface area (Å²) >= 11 is 2.03. The van der Waals surface area contributed by atoms with Crippen LogP contribution in [-0.2, 0) is 4.79 Å². The van der Waals surface area contributed by atoms with Gasteiger partial charge < -0.3 is 5.32 Å². The Morgan fingerprint density at radius 1 is 1.39 bits per heavy atom. The van der Waals surface area contributed by atoms with E-state index < -0.39 is 0 Å². The summed E-state index contributed by atoms with van der Waals surface area (Å²) in [7, 11) is 0. The van der Waals surface area contributed by atoms with Gasteiger partial charge in [0.25, 0.3) is 0 Å². The Labute approximate surface area is 120 Å². The van der Waals surface area contributed by atoms with Gasteiger partial charge in [0.15, 0.2) is 0 Å². The largest absolute Gasteiger partial charge is 0.325 e. The molecule has 98 valence electrons. The number of carbonyl (C=O) groups is 1. The molecule has 0 heterocycles. The third-order valence-electron chi connectivity index (χ3n) is 3.46. The van der Waals surface area contributed by atoms with Crippen LogP contribution < -0.4 is 5.32 Å². The molecule has 2 nitrogen and oxygen atoms in total. The van der Waals surface area contributed by atoms with Crippen LogP contribution in [0.3, 0.4) is 0 Å². The van der Waals surface area contributed by atoms with Crippen molar-refractivity contribution in [3.05, 3.63) is 27.6 Å². The van der Waals surface area contributed by atoms with E-state index in [1.165, 1.54) is 37.8 Å². The SMILES string of the molecule is O=C(CCC1CCCC1)Nc1ccc(F)cc1I. The number of amides is 1. The van der Waals surface area contributed by atoms with Gasteiger partial charge in [0.2, 0.25) is 5.91 Å². The van der Waals surface area contributed by atoms with Crippen molar-refractivity contribution in [2.45, 2.75) is 38.5 Å². The van der Waals surface area contributed by atoms with Crippen molar-refractivity contribution in [3.63, 3.8) is 0 Å². The second kappa shape index (κ2) is 6.50. The lowest BCUT2D eigenvalue weighted by atomic mass is 10.0. The van der Waals surface area contributed by atoms with E-state index in [-0.39, 0.29) is 11.7 Å². The number of anilines is 1. The Bertz CT molecular complexity index is 430. The summed E-state index contributed by atoms with van der Waals surface area (Å²) in [5, 5.41) is 2.85. The topological polar surface area (TPSA) is 29.1 Å². The molecule has 0 atom stereocenters. The molecule has 4 heteroatoms. The van der Waals surface area contributed by atoms with Crippen molar-refractivity contribution in [1.82, 2.24) is 0 Å². The van der Waals surface area contributed by atoms with Crippen molar-refractivity contribution < 1.29 is 9.18 Å². The summed E-state index contributed by atoms with van der Waals surface area (Å²) in [5.74, 6) is 0.484. The number of carbonyl (C=O) groups excluding carboxylic acids is 1. The van der Waals surface area contributed by atoms with Crippen LogP contribution in [0.15, 0.2) is 18.2 Å². The fourth-order valence-electron chi connectivity index (χ4n) is 2.44. The molecule has 1 aliphatic carbocycles. The van der Waals surface area contributed by atoms with E-state index in [1.807, 2.05) is 22.6 Å². The molecule has 0 saturated heterocycles. The predicted molar refractivity (Wildman–Crippen MR) is 78.9 cm³/mol. The molecule has 1 N–H and O–H groups in total. The minimum Gasteiger partial charge on any atom is -0.325 e. The first-order valence-electron chi connectivity index (χ1n) is 6.40. The summed E-state index contributed by atoms with van der Waals surface area (Å²) < 4.78 is 13.7. The Hall–Kier alpha value is -0.650. The van der Waals surface area contributed by atoms with Crippen LogP contribution in [0.2, 0.25) is 0 Å². The molecule has 0 spiro atoms. The Morgan fingerprint density at radius 2 is 2.11 bits per heavy atom. The van der Waals surface area contributed by atoms with Gasteiger partial charge in [0, 0.05) is 9.99 Å². The number of rotatable bonds is 4. The lowest BCUT2D eigenvalue weighted by molar-refractivity contribution is -0.116. The van der Waals surface area contributed by atoms with Gasteiger partial charge in [-0.2, -0.15) is 0 Å². The van der Waals surface area contributed by atoms with Crippen molar-refractivity contribution in [2.75, 3.05) is 5.32 Å². The number of benzene rings is 1. The minimum absolute atomic E-state index is 0.0337. The van der Waals surface area contributed by atoms with Crippen molar-refractivity contribution in [3.8, 4) is 0 Å². The van der Waals surface area contributed by atoms with Crippen LogP contribution in [0.25, 0.3) is 0 Å². The average Bonchev–Trinajstić information content (AvgIpc) is 2.83. The van der Waals surface area contributed by atoms with Gasteiger partial charge in [-0.25, -0.2) is 4.39 Å². The number of hydrogen-bond donors (Lipinski definition) is 1. The van der Waals surface area contributed by atoms with Crippen molar-refractivity contribution in [1.29, 1.82) is 0 Å². The van der Waals surface area contributed by atoms with Gasteiger partial charge in [-0.3, -0.25) is 4.79 Å². The molecule has 1 aromatic carbocycles. The molecule has 0 radical (unpaired) electrons. The van der Waals surface area contributed by atoms with Crippen LogP contribution in [0.4, 0.5) is 10.1 Å². The van der Waals surface area contributed by atoms with Gasteiger partial charge in [-0.15, -0.1) is 0 Å². The number of halogens is 2. The highest BCUT2D eigenvalue weighted by atomic mass is 127. The van der Waals surface area contributed by atoms with Crippen LogP contribution in [-0.4, -0.2) is 5.91 Å². The Balaban J connectivity index is 1.82. The summed E-state index contributed by atoms with van der Waals surface area (Å²) in [6.07, 6.45) is 6.69. The van der Waals surface area contributed by atoms with E-state index in [9.17, 15) is 9.18 Å². The predicted octanol–water partition coefficient (Wildman–Crippen LogP) is 4.34. The van der Waals surface area contributed by atoms with Crippen molar-refractivity contribution >= 4 is 34.2 Å². The zero-order valence-electron chi connectivity index (χ0n) is 10.2. The van der Waals surface area contributed by atoms with Gasteiger partial charge in [0.1, 0.15) is 5.82 Å². The monoisotopic (exact) mass is 361 g/mol. The normalized spacial score (nSPS) is 15.9. The zero-order valence-corrected chi connectivity index (χ0v) is 12.4. The molecule has 1 amide bonds. The summed E-state index contributed by atoms with van der Waals surface area (Å²) in [5.41, 5.74) is 0.702. The van der Waals surface area contributed by atoms with Gasteiger partial charge >= 0.3 is 0 Å². The van der Waals surface area contributed by atoms with E-state index in [4.69, 9.17) is 0 Å². The average molecular weight is 361 g/mol. The second-order valence-corrected chi connectivity index (χ2v) is 6.02. The van der Waals surface area contributed by atoms with E-state index in [1.54, 1.807) is 6.07 Å². The second-order valence-electron chi connectivity index (χ2n) is 4.86. The van der Waals surface area contributed by atoms with Crippen LogP contribution in [0.1, 0.15) is 38.5 Å². The molecule has 1 saturated carbocycles. The molecule has 1 fully saturated rings. The van der Waals surface area contributed by atoms with E-state index in [0.29, 0.717) is 12.1 Å². The van der Waals surface area contributed by atoms with Gasteiger partial charge in [0.05, 0.1) is 5.69 Å². The molecule has 18 heavy (non-hydrogen) atoms. The van der Waals surface area contributed by atoms with Crippen LogP contribution in [0, 0.1) is 15.3 Å². The minimum atomic E-state index is -0.275. The molecule has 0 aromatic heterocycles. The third-order valence-corrected chi connectivity index (χ3v) is 4.35. The van der Waals surface area contributed by atoms with E-state index >= 15 is 0 Å².